The zero-order valence-corrected chi connectivity index (χ0v) is 11.9. The fourth-order valence-electron chi connectivity index (χ4n) is 1.90. The maximum absolute atomic E-state index is 5.37. The average molecular weight is 254 g/mol. The lowest BCUT2D eigenvalue weighted by atomic mass is 9.96. The predicted octanol–water partition coefficient (Wildman–Crippen LogP) is 4.32. The Bertz CT molecular complexity index is 468. The molecule has 0 N–H and O–H groups in total. The topological polar surface area (TPSA) is 24.7 Å². The number of nitrogens with zero attached hydrogens (tertiary/aromatic N) is 2. The van der Waals surface area contributed by atoms with E-state index in [1.807, 2.05) is 12.4 Å². The fourth-order valence-corrected chi connectivity index (χ4v) is 1.90. The highest BCUT2D eigenvalue weighted by molar-refractivity contribution is 5.97. The van der Waals surface area contributed by atoms with Crippen LogP contribution in [0, 0.1) is 18.3 Å². The van der Waals surface area contributed by atoms with E-state index in [1.165, 1.54) is 11.1 Å². The Morgan fingerprint density at radius 3 is 2.95 bits per heavy atom. The van der Waals surface area contributed by atoms with Gasteiger partial charge in [-0.25, -0.2) is 0 Å². The Labute approximate surface area is 116 Å². The molecule has 0 aromatic rings. The van der Waals surface area contributed by atoms with Crippen LogP contribution < -0.4 is 0 Å². The molecule has 1 rings (SSSR count). The molecule has 0 amide bonds. The van der Waals surface area contributed by atoms with Crippen LogP contribution >= 0.6 is 0 Å². The minimum atomic E-state index is 0.382. The van der Waals surface area contributed by atoms with Crippen LogP contribution in [0.5, 0.6) is 0 Å². The highest BCUT2D eigenvalue weighted by Gasteiger charge is 2.08. The van der Waals surface area contributed by atoms with Gasteiger partial charge in [0.2, 0.25) is 0 Å². The zero-order valence-electron chi connectivity index (χ0n) is 11.9. The van der Waals surface area contributed by atoms with E-state index in [0.717, 1.165) is 31.4 Å². The Balaban J connectivity index is 2.84. The number of rotatable bonds is 7. The van der Waals surface area contributed by atoms with Crippen molar-refractivity contribution in [3.05, 3.63) is 36.2 Å². The summed E-state index contributed by atoms with van der Waals surface area (Å²) in [5.74, 6) is 3.09. The van der Waals surface area contributed by atoms with Crippen molar-refractivity contribution in [3.63, 3.8) is 0 Å². The van der Waals surface area contributed by atoms with Crippen LogP contribution in [-0.2, 0) is 0 Å². The van der Waals surface area contributed by atoms with Crippen molar-refractivity contribution in [3.8, 4) is 12.3 Å². The minimum Gasteiger partial charge on any atom is -0.269 e. The molecule has 0 radical (unpaired) electrons. The number of hydrogen-bond acceptors (Lipinski definition) is 2. The second-order valence-electron chi connectivity index (χ2n) is 4.90. The second-order valence-corrected chi connectivity index (χ2v) is 4.90. The third-order valence-electron chi connectivity index (χ3n) is 2.94. The van der Waals surface area contributed by atoms with E-state index < -0.39 is 0 Å². The van der Waals surface area contributed by atoms with E-state index in [9.17, 15) is 0 Å². The summed E-state index contributed by atoms with van der Waals surface area (Å²) in [6.07, 6.45) is 16.6. The second kappa shape index (κ2) is 8.26. The van der Waals surface area contributed by atoms with Crippen LogP contribution in [0.15, 0.2) is 46.2 Å². The van der Waals surface area contributed by atoms with E-state index in [2.05, 4.69) is 42.4 Å². The molecular formula is C17H22N2. The summed E-state index contributed by atoms with van der Waals surface area (Å²) < 4.78 is 0. The highest BCUT2D eigenvalue weighted by atomic mass is 14.7. The molecule has 0 unspecified atom stereocenters. The summed E-state index contributed by atoms with van der Waals surface area (Å²) in [4.78, 5) is 8.50. The van der Waals surface area contributed by atoms with E-state index in [4.69, 9.17) is 6.42 Å². The molecule has 0 spiro atoms. The first-order valence-corrected chi connectivity index (χ1v) is 6.68. The third kappa shape index (κ3) is 5.52. The zero-order chi connectivity index (χ0) is 14.1. The smallest absolute Gasteiger partial charge is 0.0428 e. The van der Waals surface area contributed by atoms with Gasteiger partial charge in [0.25, 0.3) is 0 Å². The maximum Gasteiger partial charge on any atom is 0.0428 e. The predicted molar refractivity (Wildman–Crippen MR) is 84.4 cm³/mol. The van der Waals surface area contributed by atoms with Crippen molar-refractivity contribution < 1.29 is 0 Å². The van der Waals surface area contributed by atoms with Crippen LogP contribution in [0.2, 0.25) is 0 Å². The molecule has 0 fully saturated rings. The first kappa shape index (κ1) is 15.2. The molecule has 2 heteroatoms. The third-order valence-corrected chi connectivity index (χ3v) is 2.94. The molecule has 2 nitrogen and oxygen atoms in total. The monoisotopic (exact) mass is 254 g/mol. The lowest BCUT2D eigenvalue weighted by Crippen LogP contribution is -2.05. The van der Waals surface area contributed by atoms with Crippen LogP contribution in [-0.4, -0.2) is 11.9 Å². The molecule has 1 aliphatic heterocycles. The number of hydrogen-bond donors (Lipinski definition) is 0. The van der Waals surface area contributed by atoms with Gasteiger partial charge in [0.1, 0.15) is 0 Å². The van der Waals surface area contributed by atoms with Crippen LogP contribution in [0.1, 0.15) is 39.5 Å². The molecule has 1 heterocycles. The van der Waals surface area contributed by atoms with E-state index >= 15 is 0 Å². The SMILES string of the molecule is C#CCC/C(=C/C(=N\C=C)C(C)C)CC1=CN=CC1. The number of aliphatic imine (C=N–C) groups is 2. The highest BCUT2D eigenvalue weighted by Crippen LogP contribution is 2.21. The Hall–Kier alpha value is -1.88. The van der Waals surface area contributed by atoms with Gasteiger partial charge >= 0.3 is 0 Å². The molecule has 0 atom stereocenters. The Morgan fingerprint density at radius 1 is 1.63 bits per heavy atom. The van der Waals surface area contributed by atoms with Gasteiger partial charge in [0.15, 0.2) is 0 Å². The van der Waals surface area contributed by atoms with Gasteiger partial charge < -0.3 is 0 Å². The normalized spacial score (nSPS) is 15.6. The number of terminal acetylenes is 1. The van der Waals surface area contributed by atoms with Gasteiger partial charge in [-0.1, -0.05) is 26.0 Å². The standard InChI is InChI=1S/C17H22N2/c1-5-7-8-15(11-16-9-10-18-13-16)12-17(14(3)4)19-6-2/h1,6,10,12-14H,2,7-9,11H2,3-4H3/b15-12-,19-17+. The molecule has 0 saturated carbocycles. The molecule has 0 bridgehead atoms. The van der Waals surface area contributed by atoms with E-state index in [1.54, 1.807) is 6.20 Å². The molecule has 0 saturated heterocycles. The van der Waals surface area contributed by atoms with Crippen molar-refractivity contribution in [2.75, 3.05) is 0 Å². The van der Waals surface area contributed by atoms with Crippen molar-refractivity contribution in [2.24, 2.45) is 15.9 Å². The summed E-state index contributed by atoms with van der Waals surface area (Å²) in [6.45, 7) is 7.94. The van der Waals surface area contributed by atoms with Gasteiger partial charge in [-0.15, -0.1) is 12.3 Å². The van der Waals surface area contributed by atoms with Crippen molar-refractivity contribution >= 4 is 11.9 Å². The van der Waals surface area contributed by atoms with Crippen LogP contribution in [0.4, 0.5) is 0 Å². The first-order chi connectivity index (χ1) is 9.17. The lowest BCUT2D eigenvalue weighted by Gasteiger charge is -2.10. The van der Waals surface area contributed by atoms with Gasteiger partial charge in [-0.05, 0) is 30.4 Å². The summed E-state index contributed by atoms with van der Waals surface area (Å²) in [5, 5.41) is 0. The molecule has 0 aliphatic carbocycles. The maximum atomic E-state index is 5.37. The van der Waals surface area contributed by atoms with Crippen LogP contribution in [0.25, 0.3) is 0 Å². The van der Waals surface area contributed by atoms with E-state index in [-0.39, 0.29) is 0 Å². The molecule has 0 aromatic carbocycles. The molecule has 100 valence electrons. The van der Waals surface area contributed by atoms with Gasteiger partial charge in [-0.2, -0.15) is 0 Å². The van der Waals surface area contributed by atoms with Gasteiger partial charge in [0, 0.05) is 37.2 Å². The fraction of sp³-hybridized carbons (Fsp3) is 0.412. The van der Waals surface area contributed by atoms with Crippen molar-refractivity contribution in [1.29, 1.82) is 0 Å². The summed E-state index contributed by atoms with van der Waals surface area (Å²) >= 11 is 0. The Morgan fingerprint density at radius 2 is 2.42 bits per heavy atom. The summed E-state index contributed by atoms with van der Waals surface area (Å²) in [7, 11) is 0. The van der Waals surface area contributed by atoms with Gasteiger partial charge in [-0.3, -0.25) is 9.98 Å². The van der Waals surface area contributed by atoms with Crippen molar-refractivity contribution in [1.82, 2.24) is 0 Å². The molecular weight excluding hydrogens is 232 g/mol. The van der Waals surface area contributed by atoms with E-state index in [0.29, 0.717) is 5.92 Å². The summed E-state index contributed by atoms with van der Waals surface area (Å²) in [6, 6.07) is 0. The summed E-state index contributed by atoms with van der Waals surface area (Å²) in [5.41, 5.74) is 3.72. The van der Waals surface area contributed by atoms with Gasteiger partial charge in [0.05, 0.1) is 0 Å². The molecule has 19 heavy (non-hydrogen) atoms. The minimum absolute atomic E-state index is 0.382. The first-order valence-electron chi connectivity index (χ1n) is 6.68. The quantitative estimate of drug-likeness (QED) is 0.477. The van der Waals surface area contributed by atoms with Crippen molar-refractivity contribution in [2.45, 2.75) is 39.5 Å². The molecule has 1 aliphatic rings. The lowest BCUT2D eigenvalue weighted by molar-refractivity contribution is 0.878. The average Bonchev–Trinajstić information content (AvgIpc) is 2.87. The number of allylic oxidation sites excluding steroid dienone is 3. The molecule has 0 aromatic heterocycles. The largest absolute Gasteiger partial charge is 0.269 e. The Kier molecular flexibility index (Phi) is 6.60. The van der Waals surface area contributed by atoms with Crippen LogP contribution in [0.3, 0.4) is 0 Å².